The molecule has 1 saturated carbocycles. The highest BCUT2D eigenvalue weighted by Crippen LogP contribution is 2.32. The fraction of sp³-hybridized carbons (Fsp3) is 0.409. The zero-order valence-electron chi connectivity index (χ0n) is 17.0. The summed E-state index contributed by atoms with van der Waals surface area (Å²) in [6, 6.07) is 4.58. The van der Waals surface area contributed by atoms with Crippen LogP contribution in [0.4, 0.5) is 4.39 Å². The van der Waals surface area contributed by atoms with Crippen LogP contribution in [0.1, 0.15) is 69.2 Å². The molecule has 154 valence electrons. The molecule has 1 heterocycles. The van der Waals surface area contributed by atoms with Crippen LogP contribution >= 0.6 is 0 Å². The predicted molar refractivity (Wildman–Crippen MR) is 106 cm³/mol. The number of nitrogens with one attached hydrogen (secondary N) is 1. The van der Waals surface area contributed by atoms with Gasteiger partial charge in [0.1, 0.15) is 11.5 Å². The maximum atomic E-state index is 13.3. The summed E-state index contributed by atoms with van der Waals surface area (Å²) in [6.45, 7) is 7.05. The number of rotatable bonds is 7. The molecule has 7 heteroatoms. The molecule has 1 fully saturated rings. The number of nitrogens with zero attached hydrogens (tertiary/aromatic N) is 1. The van der Waals surface area contributed by atoms with Crippen LogP contribution in [0.5, 0.6) is 0 Å². The van der Waals surface area contributed by atoms with E-state index in [0.717, 1.165) is 12.8 Å². The van der Waals surface area contributed by atoms with E-state index in [1.807, 2.05) is 0 Å². The third kappa shape index (κ3) is 4.09. The number of carbonyl (C=O) groups is 3. The monoisotopic (exact) mass is 400 g/mol. The number of benzene rings is 1. The van der Waals surface area contributed by atoms with Crippen molar-refractivity contribution in [3.63, 3.8) is 0 Å². The molecule has 0 saturated heterocycles. The SMILES string of the molecule is CCOC(=O)c1[nH]c(C)c(C(=O)[C@H](C)N(C(=O)c2ccc(F)cc2)C2CC2)c1C. The number of carbonyl (C=O) groups excluding carboxylic acids is 3. The minimum Gasteiger partial charge on any atom is -0.461 e. The lowest BCUT2D eigenvalue weighted by atomic mass is 9.99. The number of esters is 1. The molecule has 29 heavy (non-hydrogen) atoms. The molecule has 1 N–H and O–H groups in total. The Morgan fingerprint density at radius 2 is 1.83 bits per heavy atom. The molecule has 0 spiro atoms. The first-order valence-corrected chi connectivity index (χ1v) is 9.75. The summed E-state index contributed by atoms with van der Waals surface area (Å²) in [4.78, 5) is 43.0. The van der Waals surface area contributed by atoms with Crippen LogP contribution in [-0.4, -0.2) is 46.2 Å². The number of aryl methyl sites for hydroxylation is 1. The zero-order chi connectivity index (χ0) is 21.3. The molecular formula is C22H25FN2O4. The Labute approximate surface area is 169 Å². The molecule has 1 atom stereocenters. The fourth-order valence-electron chi connectivity index (χ4n) is 3.61. The number of halogens is 1. The van der Waals surface area contributed by atoms with Crippen molar-refractivity contribution in [1.29, 1.82) is 0 Å². The number of aromatic amines is 1. The molecular weight excluding hydrogens is 375 g/mol. The van der Waals surface area contributed by atoms with Crippen LogP contribution in [0.15, 0.2) is 24.3 Å². The average molecular weight is 400 g/mol. The molecule has 0 bridgehead atoms. The molecule has 6 nitrogen and oxygen atoms in total. The first-order chi connectivity index (χ1) is 13.8. The number of hydrogen-bond donors (Lipinski definition) is 1. The van der Waals surface area contributed by atoms with E-state index in [1.54, 1.807) is 32.6 Å². The summed E-state index contributed by atoms with van der Waals surface area (Å²) in [5.74, 6) is -1.48. The van der Waals surface area contributed by atoms with E-state index in [0.29, 0.717) is 22.4 Å². The van der Waals surface area contributed by atoms with Crippen LogP contribution in [0, 0.1) is 19.7 Å². The molecule has 0 radical (unpaired) electrons. The Bertz CT molecular complexity index is 944. The second-order valence-corrected chi connectivity index (χ2v) is 7.34. The molecule has 1 amide bonds. The van der Waals surface area contributed by atoms with Crippen molar-refractivity contribution >= 4 is 17.7 Å². The molecule has 1 aliphatic carbocycles. The summed E-state index contributed by atoms with van der Waals surface area (Å²) < 4.78 is 18.3. The lowest BCUT2D eigenvalue weighted by molar-refractivity contribution is 0.0518. The van der Waals surface area contributed by atoms with E-state index in [1.165, 1.54) is 24.3 Å². The smallest absolute Gasteiger partial charge is 0.355 e. The Balaban J connectivity index is 1.90. The molecule has 3 rings (SSSR count). The number of aromatic nitrogens is 1. The van der Waals surface area contributed by atoms with Crippen molar-refractivity contribution in [2.45, 2.75) is 52.6 Å². The van der Waals surface area contributed by atoms with Gasteiger partial charge in [0.25, 0.3) is 5.91 Å². The van der Waals surface area contributed by atoms with Crippen LogP contribution in [0.2, 0.25) is 0 Å². The van der Waals surface area contributed by atoms with Gasteiger partial charge in [-0.25, -0.2) is 9.18 Å². The van der Waals surface area contributed by atoms with Gasteiger partial charge in [-0.3, -0.25) is 9.59 Å². The van der Waals surface area contributed by atoms with Gasteiger partial charge < -0.3 is 14.6 Å². The standard InChI is InChI=1S/C22H25FN2O4/c1-5-29-22(28)19-12(2)18(13(3)24-19)20(26)14(4)25(17-10-11-17)21(27)15-6-8-16(23)9-7-15/h6-9,14,17,24H,5,10-11H2,1-4H3/t14-/m0/s1. The fourth-order valence-corrected chi connectivity index (χ4v) is 3.61. The summed E-state index contributed by atoms with van der Waals surface area (Å²) in [5.41, 5.74) is 2.07. The van der Waals surface area contributed by atoms with E-state index < -0.39 is 17.8 Å². The van der Waals surface area contributed by atoms with Crippen molar-refractivity contribution < 1.29 is 23.5 Å². The van der Waals surface area contributed by atoms with Gasteiger partial charge in [-0.2, -0.15) is 0 Å². The van der Waals surface area contributed by atoms with Gasteiger partial charge in [0.05, 0.1) is 12.6 Å². The van der Waals surface area contributed by atoms with Crippen LogP contribution in [0.3, 0.4) is 0 Å². The van der Waals surface area contributed by atoms with Crippen LogP contribution in [-0.2, 0) is 4.74 Å². The Morgan fingerprint density at radius 3 is 2.38 bits per heavy atom. The minimum atomic E-state index is -0.719. The molecule has 1 aromatic carbocycles. The third-order valence-electron chi connectivity index (χ3n) is 5.23. The summed E-state index contributed by atoms with van der Waals surface area (Å²) in [5, 5.41) is 0. The van der Waals surface area contributed by atoms with Gasteiger partial charge in [0, 0.05) is 22.9 Å². The van der Waals surface area contributed by atoms with Crippen molar-refractivity contribution in [2.75, 3.05) is 6.61 Å². The summed E-state index contributed by atoms with van der Waals surface area (Å²) in [6.07, 6.45) is 1.65. The first-order valence-electron chi connectivity index (χ1n) is 9.75. The number of Topliss-reactive ketones (excluding diaryl/α,β-unsaturated/α-hetero) is 1. The Kier molecular flexibility index (Phi) is 5.86. The highest BCUT2D eigenvalue weighted by atomic mass is 19.1. The number of amides is 1. The largest absolute Gasteiger partial charge is 0.461 e. The highest BCUT2D eigenvalue weighted by Gasteiger charge is 2.40. The summed E-state index contributed by atoms with van der Waals surface area (Å²) >= 11 is 0. The van der Waals surface area contributed by atoms with Crippen LogP contribution < -0.4 is 0 Å². The summed E-state index contributed by atoms with van der Waals surface area (Å²) in [7, 11) is 0. The molecule has 0 unspecified atom stereocenters. The van der Waals surface area contributed by atoms with E-state index in [4.69, 9.17) is 4.74 Å². The molecule has 0 aliphatic heterocycles. The maximum absolute atomic E-state index is 13.3. The lowest BCUT2D eigenvalue weighted by Crippen LogP contribution is -2.45. The average Bonchev–Trinajstić information content (AvgIpc) is 3.46. The zero-order valence-corrected chi connectivity index (χ0v) is 17.0. The second kappa shape index (κ2) is 8.19. The number of hydrogen-bond acceptors (Lipinski definition) is 4. The number of ether oxygens (including phenoxy) is 1. The van der Waals surface area contributed by atoms with Gasteiger partial charge in [0.2, 0.25) is 0 Å². The highest BCUT2D eigenvalue weighted by molar-refractivity contribution is 6.07. The van der Waals surface area contributed by atoms with Crippen molar-refractivity contribution in [3.05, 3.63) is 58.2 Å². The van der Waals surface area contributed by atoms with E-state index in [2.05, 4.69) is 4.98 Å². The van der Waals surface area contributed by atoms with Crippen molar-refractivity contribution in [1.82, 2.24) is 9.88 Å². The van der Waals surface area contributed by atoms with Crippen molar-refractivity contribution in [2.24, 2.45) is 0 Å². The molecule has 2 aromatic rings. The first kappa shape index (κ1) is 20.8. The van der Waals surface area contributed by atoms with E-state index in [9.17, 15) is 18.8 Å². The van der Waals surface area contributed by atoms with Crippen molar-refractivity contribution in [3.8, 4) is 0 Å². The minimum absolute atomic E-state index is 0.0180. The van der Waals surface area contributed by atoms with Gasteiger partial charge >= 0.3 is 5.97 Å². The van der Waals surface area contributed by atoms with Gasteiger partial charge in [0.15, 0.2) is 5.78 Å². The van der Waals surface area contributed by atoms with E-state index in [-0.39, 0.29) is 30.0 Å². The number of ketones is 1. The molecule has 1 aromatic heterocycles. The Morgan fingerprint density at radius 1 is 1.21 bits per heavy atom. The van der Waals surface area contributed by atoms with Crippen LogP contribution in [0.25, 0.3) is 0 Å². The van der Waals surface area contributed by atoms with Gasteiger partial charge in [-0.15, -0.1) is 0 Å². The lowest BCUT2D eigenvalue weighted by Gasteiger charge is -2.29. The second-order valence-electron chi connectivity index (χ2n) is 7.34. The number of H-pyrrole nitrogens is 1. The molecule has 1 aliphatic rings. The topological polar surface area (TPSA) is 79.5 Å². The van der Waals surface area contributed by atoms with Gasteiger partial charge in [-0.05, 0) is 70.4 Å². The van der Waals surface area contributed by atoms with Gasteiger partial charge in [-0.1, -0.05) is 0 Å². The predicted octanol–water partition coefficient (Wildman–Crippen LogP) is 3.82. The quantitative estimate of drug-likeness (QED) is 0.566. The van der Waals surface area contributed by atoms with E-state index >= 15 is 0 Å². The normalized spacial score (nSPS) is 14.4. The third-order valence-corrected chi connectivity index (χ3v) is 5.23. The maximum Gasteiger partial charge on any atom is 0.355 e. The Hall–Kier alpha value is -2.96.